The van der Waals surface area contributed by atoms with Gasteiger partial charge in [0.15, 0.2) is 10.9 Å². The number of imidazole rings is 1. The number of halogens is 1. The molecule has 0 aliphatic carbocycles. The van der Waals surface area contributed by atoms with E-state index in [-0.39, 0.29) is 11.7 Å². The molecule has 3 aromatic carbocycles. The van der Waals surface area contributed by atoms with Gasteiger partial charge < -0.3 is 10.3 Å². The number of carbonyl (C=O) groups excluding carboxylic acids is 2. The zero-order chi connectivity index (χ0) is 22.0. The molecule has 1 heterocycles. The number of carbonyl (C=O) groups is 2. The van der Waals surface area contributed by atoms with Gasteiger partial charge in [0, 0.05) is 11.1 Å². The second-order valence-corrected chi connectivity index (χ2v) is 8.91. The monoisotopic (exact) mass is 449 g/mol. The van der Waals surface area contributed by atoms with Gasteiger partial charge >= 0.3 is 0 Å². The van der Waals surface area contributed by atoms with Gasteiger partial charge in [-0.15, -0.1) is 0 Å². The van der Waals surface area contributed by atoms with Gasteiger partial charge in [0.1, 0.15) is 0 Å². The molecule has 0 fully saturated rings. The number of aryl methyl sites for hydroxylation is 1. The number of nitrogens with zero attached hydrogens (tertiary/aromatic N) is 1. The number of benzene rings is 3. The number of fused-ring (bicyclic) bond motifs is 1. The Morgan fingerprint density at radius 3 is 2.58 bits per heavy atom. The Morgan fingerprint density at radius 2 is 1.84 bits per heavy atom. The molecule has 4 rings (SSSR count). The zero-order valence-corrected chi connectivity index (χ0v) is 18.6. The molecule has 31 heavy (non-hydrogen) atoms. The van der Waals surface area contributed by atoms with Crippen LogP contribution in [0.2, 0.25) is 5.02 Å². The maximum atomic E-state index is 12.9. The van der Waals surface area contributed by atoms with E-state index in [4.69, 9.17) is 11.6 Å². The fourth-order valence-electron chi connectivity index (χ4n) is 3.18. The molecule has 1 amide bonds. The van der Waals surface area contributed by atoms with E-state index in [2.05, 4.69) is 15.3 Å². The SMILES string of the molecule is Cc1ccc(NC(=O)C(C)Sc2nc3cccc(C(=O)c4ccccc4)c3[nH]2)c(Cl)c1. The Kier molecular flexibility index (Phi) is 6.11. The Bertz CT molecular complexity index is 1270. The zero-order valence-electron chi connectivity index (χ0n) is 17.0. The third-order valence-electron chi connectivity index (χ3n) is 4.82. The molecule has 1 unspecified atom stereocenters. The highest BCUT2D eigenvalue weighted by molar-refractivity contribution is 8.00. The van der Waals surface area contributed by atoms with Crippen molar-refractivity contribution in [2.45, 2.75) is 24.3 Å². The molecule has 156 valence electrons. The molecule has 7 heteroatoms. The third kappa shape index (κ3) is 4.65. The fourth-order valence-corrected chi connectivity index (χ4v) is 4.27. The summed E-state index contributed by atoms with van der Waals surface area (Å²) in [6, 6.07) is 20.0. The van der Waals surface area contributed by atoms with Crippen LogP contribution in [0, 0.1) is 6.92 Å². The normalized spacial score (nSPS) is 12.0. The number of hydrogen-bond acceptors (Lipinski definition) is 4. The summed E-state index contributed by atoms with van der Waals surface area (Å²) in [6.45, 7) is 3.74. The molecule has 1 aromatic heterocycles. The molecule has 0 bridgehead atoms. The summed E-state index contributed by atoms with van der Waals surface area (Å²) in [6.07, 6.45) is 0. The largest absolute Gasteiger partial charge is 0.332 e. The smallest absolute Gasteiger partial charge is 0.237 e. The number of rotatable bonds is 6. The molecule has 2 N–H and O–H groups in total. The van der Waals surface area contributed by atoms with Gasteiger partial charge in [-0.05, 0) is 43.7 Å². The van der Waals surface area contributed by atoms with Crippen LogP contribution in [0.25, 0.3) is 11.0 Å². The number of thioether (sulfide) groups is 1. The lowest BCUT2D eigenvalue weighted by Gasteiger charge is -2.12. The molecule has 4 aromatic rings. The number of hydrogen-bond donors (Lipinski definition) is 2. The van der Waals surface area contributed by atoms with E-state index in [1.54, 1.807) is 37.3 Å². The first-order chi connectivity index (χ1) is 14.9. The second kappa shape index (κ2) is 8.96. The van der Waals surface area contributed by atoms with Crippen molar-refractivity contribution in [1.29, 1.82) is 0 Å². The summed E-state index contributed by atoms with van der Waals surface area (Å²) < 4.78 is 0. The lowest BCUT2D eigenvalue weighted by molar-refractivity contribution is -0.115. The molecule has 0 saturated heterocycles. The van der Waals surface area contributed by atoms with Crippen molar-refractivity contribution in [2.24, 2.45) is 0 Å². The van der Waals surface area contributed by atoms with Crippen LogP contribution in [-0.2, 0) is 4.79 Å². The van der Waals surface area contributed by atoms with Crippen molar-refractivity contribution in [3.05, 3.63) is 88.4 Å². The van der Waals surface area contributed by atoms with E-state index in [0.717, 1.165) is 5.56 Å². The molecule has 5 nitrogen and oxygen atoms in total. The first-order valence-corrected chi connectivity index (χ1v) is 11.0. The maximum absolute atomic E-state index is 12.9. The van der Waals surface area contributed by atoms with Crippen LogP contribution < -0.4 is 5.32 Å². The van der Waals surface area contributed by atoms with Crippen LogP contribution in [0.15, 0.2) is 71.9 Å². The number of para-hydroxylation sites is 1. The van der Waals surface area contributed by atoms with Crippen molar-refractivity contribution in [1.82, 2.24) is 9.97 Å². The van der Waals surface area contributed by atoms with Crippen LogP contribution in [0.5, 0.6) is 0 Å². The quantitative estimate of drug-likeness (QED) is 0.285. The highest BCUT2D eigenvalue weighted by Crippen LogP contribution is 2.28. The highest BCUT2D eigenvalue weighted by atomic mass is 35.5. The standard InChI is InChI=1S/C24H20ClN3O2S/c1-14-11-12-19(18(25)13-14)26-23(30)15(2)31-24-27-20-10-6-9-17(21(20)28-24)22(29)16-7-4-3-5-8-16/h3-13,15H,1-2H3,(H,26,30)(H,27,28). The molecule has 0 spiro atoms. The molecule has 1 atom stereocenters. The molecule has 0 saturated carbocycles. The molecule has 0 aliphatic rings. The Balaban J connectivity index is 1.53. The summed E-state index contributed by atoms with van der Waals surface area (Å²) in [5.74, 6) is -0.261. The number of H-pyrrole nitrogens is 1. The number of aromatic nitrogens is 2. The molecular weight excluding hydrogens is 430 g/mol. The Morgan fingerprint density at radius 1 is 1.06 bits per heavy atom. The lowest BCUT2D eigenvalue weighted by atomic mass is 10.0. The van der Waals surface area contributed by atoms with E-state index >= 15 is 0 Å². The number of anilines is 1. The maximum Gasteiger partial charge on any atom is 0.237 e. The number of amides is 1. The number of aromatic amines is 1. The van der Waals surface area contributed by atoms with E-state index in [9.17, 15) is 9.59 Å². The van der Waals surface area contributed by atoms with Crippen molar-refractivity contribution in [2.75, 3.05) is 5.32 Å². The summed E-state index contributed by atoms with van der Waals surface area (Å²) in [4.78, 5) is 33.3. The average Bonchev–Trinajstić information content (AvgIpc) is 3.18. The predicted octanol–water partition coefficient (Wildman–Crippen LogP) is 5.88. The third-order valence-corrected chi connectivity index (χ3v) is 6.11. The van der Waals surface area contributed by atoms with Gasteiger partial charge in [-0.25, -0.2) is 4.98 Å². The minimum absolute atomic E-state index is 0.0776. The summed E-state index contributed by atoms with van der Waals surface area (Å²) in [5.41, 5.74) is 4.10. The van der Waals surface area contributed by atoms with Gasteiger partial charge in [-0.2, -0.15) is 0 Å². The van der Waals surface area contributed by atoms with Gasteiger partial charge in [0.25, 0.3) is 0 Å². The first kappa shape index (κ1) is 21.2. The number of nitrogens with one attached hydrogen (secondary N) is 2. The first-order valence-electron chi connectivity index (χ1n) is 9.74. The predicted molar refractivity (Wildman–Crippen MR) is 126 cm³/mol. The van der Waals surface area contributed by atoms with Gasteiger partial charge in [-0.1, -0.05) is 65.8 Å². The van der Waals surface area contributed by atoms with Crippen molar-refractivity contribution >= 4 is 51.8 Å². The topological polar surface area (TPSA) is 74.8 Å². The molecular formula is C24H20ClN3O2S. The summed E-state index contributed by atoms with van der Waals surface area (Å²) in [7, 11) is 0. The Labute approximate surface area is 189 Å². The lowest BCUT2D eigenvalue weighted by Crippen LogP contribution is -2.22. The number of ketones is 1. The van der Waals surface area contributed by atoms with Crippen molar-refractivity contribution in [3.63, 3.8) is 0 Å². The van der Waals surface area contributed by atoms with Crippen LogP contribution in [-0.4, -0.2) is 26.9 Å². The van der Waals surface area contributed by atoms with E-state index in [0.29, 0.717) is 38.0 Å². The van der Waals surface area contributed by atoms with Crippen molar-refractivity contribution < 1.29 is 9.59 Å². The van der Waals surface area contributed by atoms with Crippen LogP contribution >= 0.6 is 23.4 Å². The summed E-state index contributed by atoms with van der Waals surface area (Å²) in [5, 5.41) is 3.50. The van der Waals surface area contributed by atoms with Crippen LogP contribution in [0.3, 0.4) is 0 Å². The summed E-state index contributed by atoms with van der Waals surface area (Å²) >= 11 is 7.51. The molecule has 0 radical (unpaired) electrons. The fraction of sp³-hybridized carbons (Fsp3) is 0.125. The second-order valence-electron chi connectivity index (χ2n) is 7.17. The minimum atomic E-state index is -0.425. The van der Waals surface area contributed by atoms with Crippen molar-refractivity contribution in [3.8, 4) is 0 Å². The highest BCUT2D eigenvalue weighted by Gasteiger charge is 2.20. The van der Waals surface area contributed by atoms with Gasteiger partial charge in [0.2, 0.25) is 5.91 Å². The minimum Gasteiger partial charge on any atom is -0.332 e. The average molecular weight is 450 g/mol. The molecule has 0 aliphatic heterocycles. The van der Waals surface area contributed by atoms with E-state index in [1.165, 1.54) is 11.8 Å². The van der Waals surface area contributed by atoms with Gasteiger partial charge in [-0.3, -0.25) is 9.59 Å². The van der Waals surface area contributed by atoms with E-state index < -0.39 is 5.25 Å². The van der Waals surface area contributed by atoms with Crippen LogP contribution in [0.4, 0.5) is 5.69 Å². The van der Waals surface area contributed by atoms with E-state index in [1.807, 2.05) is 43.3 Å². The van der Waals surface area contributed by atoms with Gasteiger partial charge in [0.05, 0.1) is 27.0 Å². The Hall–Kier alpha value is -3.09. The van der Waals surface area contributed by atoms with Crippen LogP contribution in [0.1, 0.15) is 28.4 Å².